The summed E-state index contributed by atoms with van der Waals surface area (Å²) in [6.07, 6.45) is 4.21. The average molecular weight is 234 g/mol. The predicted octanol–water partition coefficient (Wildman–Crippen LogP) is 4.89. The molecule has 0 saturated heterocycles. The number of halogens is 4. The van der Waals surface area contributed by atoms with E-state index in [1.54, 1.807) is 0 Å². The Morgan fingerprint density at radius 3 is 1.38 bits per heavy atom. The zero-order chi connectivity index (χ0) is 11.7. The van der Waals surface area contributed by atoms with E-state index in [2.05, 4.69) is 0 Å². The SMILES string of the molecule is FC1=C(F)C2CCCCCCC2C(F)=C1F. The number of rotatable bonds is 0. The first-order valence-corrected chi connectivity index (χ1v) is 5.73. The third-order valence-electron chi connectivity index (χ3n) is 3.53. The van der Waals surface area contributed by atoms with E-state index in [1.165, 1.54) is 0 Å². The van der Waals surface area contributed by atoms with Crippen molar-refractivity contribution in [2.75, 3.05) is 0 Å². The molecule has 0 nitrogen and oxygen atoms in total. The van der Waals surface area contributed by atoms with Crippen LogP contribution < -0.4 is 0 Å². The van der Waals surface area contributed by atoms with E-state index in [1.807, 2.05) is 0 Å². The molecule has 0 aromatic rings. The number of fused-ring (bicyclic) bond motifs is 1. The fourth-order valence-corrected chi connectivity index (χ4v) is 2.63. The maximum atomic E-state index is 13.5. The molecule has 90 valence electrons. The summed E-state index contributed by atoms with van der Waals surface area (Å²) in [4.78, 5) is 0. The van der Waals surface area contributed by atoms with Crippen LogP contribution in [0, 0.1) is 11.8 Å². The molecule has 0 spiro atoms. The van der Waals surface area contributed by atoms with Crippen LogP contribution in [0.5, 0.6) is 0 Å². The Hall–Kier alpha value is -0.800. The molecule has 0 radical (unpaired) electrons. The van der Waals surface area contributed by atoms with Gasteiger partial charge in [0.1, 0.15) is 11.7 Å². The maximum absolute atomic E-state index is 13.5. The van der Waals surface area contributed by atoms with Gasteiger partial charge in [0.25, 0.3) is 0 Å². The molecule has 2 atom stereocenters. The lowest BCUT2D eigenvalue weighted by atomic mass is 9.77. The van der Waals surface area contributed by atoms with E-state index in [0.717, 1.165) is 25.7 Å². The molecule has 2 rings (SSSR count). The topological polar surface area (TPSA) is 0 Å². The van der Waals surface area contributed by atoms with Gasteiger partial charge in [0, 0.05) is 11.8 Å². The molecule has 16 heavy (non-hydrogen) atoms. The molecule has 1 fully saturated rings. The minimum atomic E-state index is -1.63. The van der Waals surface area contributed by atoms with Gasteiger partial charge in [-0.2, -0.15) is 0 Å². The smallest absolute Gasteiger partial charge is 0.193 e. The molecule has 0 amide bonds. The number of hydrogen-bond acceptors (Lipinski definition) is 0. The summed E-state index contributed by atoms with van der Waals surface area (Å²) in [5.41, 5.74) is 0. The summed E-state index contributed by atoms with van der Waals surface area (Å²) in [7, 11) is 0. The van der Waals surface area contributed by atoms with Crippen molar-refractivity contribution in [3.63, 3.8) is 0 Å². The van der Waals surface area contributed by atoms with Gasteiger partial charge in [-0.1, -0.05) is 25.7 Å². The Kier molecular flexibility index (Phi) is 3.36. The molecule has 0 aliphatic heterocycles. The molecule has 1 saturated carbocycles. The molecule has 0 aromatic carbocycles. The first-order chi connectivity index (χ1) is 7.63. The summed E-state index contributed by atoms with van der Waals surface area (Å²) < 4.78 is 53.1. The fourth-order valence-electron chi connectivity index (χ4n) is 2.63. The van der Waals surface area contributed by atoms with E-state index in [9.17, 15) is 17.6 Å². The summed E-state index contributed by atoms with van der Waals surface area (Å²) >= 11 is 0. The van der Waals surface area contributed by atoms with Gasteiger partial charge in [-0.25, -0.2) is 17.6 Å². The Labute approximate surface area is 92.0 Å². The Morgan fingerprint density at radius 1 is 0.625 bits per heavy atom. The molecular weight excluding hydrogens is 220 g/mol. The Morgan fingerprint density at radius 2 is 1.00 bits per heavy atom. The van der Waals surface area contributed by atoms with Gasteiger partial charge < -0.3 is 0 Å². The molecule has 0 bridgehead atoms. The van der Waals surface area contributed by atoms with Crippen LogP contribution in [-0.4, -0.2) is 0 Å². The van der Waals surface area contributed by atoms with Gasteiger partial charge in [-0.15, -0.1) is 0 Å². The van der Waals surface area contributed by atoms with E-state index in [4.69, 9.17) is 0 Å². The Bertz CT molecular complexity index is 309. The van der Waals surface area contributed by atoms with Crippen LogP contribution >= 0.6 is 0 Å². The molecule has 2 aliphatic rings. The highest BCUT2D eigenvalue weighted by Crippen LogP contribution is 2.46. The summed E-state index contributed by atoms with van der Waals surface area (Å²) in [5, 5.41) is 0. The minimum absolute atomic E-state index is 0.407. The van der Waals surface area contributed by atoms with Crippen LogP contribution in [0.25, 0.3) is 0 Å². The van der Waals surface area contributed by atoms with Crippen LogP contribution in [-0.2, 0) is 0 Å². The highest BCUT2D eigenvalue weighted by atomic mass is 19.2. The second-order valence-electron chi connectivity index (χ2n) is 4.53. The van der Waals surface area contributed by atoms with Gasteiger partial charge in [-0.3, -0.25) is 0 Å². The summed E-state index contributed by atoms with van der Waals surface area (Å²) in [6.45, 7) is 0. The van der Waals surface area contributed by atoms with Crippen molar-refractivity contribution in [2.24, 2.45) is 11.8 Å². The Balaban J connectivity index is 2.32. The normalized spacial score (nSPS) is 32.2. The third kappa shape index (κ3) is 1.89. The van der Waals surface area contributed by atoms with E-state index < -0.39 is 35.1 Å². The maximum Gasteiger partial charge on any atom is 0.193 e. The van der Waals surface area contributed by atoms with Gasteiger partial charge in [-0.05, 0) is 12.8 Å². The number of allylic oxidation sites excluding steroid dienone is 4. The van der Waals surface area contributed by atoms with Gasteiger partial charge in [0.15, 0.2) is 11.7 Å². The van der Waals surface area contributed by atoms with Crippen molar-refractivity contribution in [2.45, 2.75) is 38.5 Å². The monoisotopic (exact) mass is 234 g/mol. The van der Waals surface area contributed by atoms with Crippen molar-refractivity contribution in [1.82, 2.24) is 0 Å². The van der Waals surface area contributed by atoms with Crippen molar-refractivity contribution in [1.29, 1.82) is 0 Å². The van der Waals surface area contributed by atoms with Crippen LogP contribution in [0.4, 0.5) is 17.6 Å². The molecule has 0 N–H and O–H groups in total. The zero-order valence-electron chi connectivity index (χ0n) is 8.91. The lowest BCUT2D eigenvalue weighted by molar-refractivity contribution is 0.228. The largest absolute Gasteiger partial charge is 0.208 e. The third-order valence-corrected chi connectivity index (χ3v) is 3.53. The van der Waals surface area contributed by atoms with Crippen molar-refractivity contribution in [3.05, 3.63) is 23.3 Å². The van der Waals surface area contributed by atoms with Gasteiger partial charge in [0.05, 0.1) is 0 Å². The molecular formula is C12H14F4. The quantitative estimate of drug-likeness (QED) is 0.523. The second-order valence-corrected chi connectivity index (χ2v) is 4.53. The van der Waals surface area contributed by atoms with Crippen LogP contribution in [0.15, 0.2) is 23.3 Å². The van der Waals surface area contributed by atoms with E-state index in [-0.39, 0.29) is 0 Å². The highest BCUT2D eigenvalue weighted by Gasteiger charge is 2.39. The van der Waals surface area contributed by atoms with Crippen molar-refractivity contribution >= 4 is 0 Å². The van der Waals surface area contributed by atoms with Crippen molar-refractivity contribution < 1.29 is 17.6 Å². The summed E-state index contributed by atoms with van der Waals surface area (Å²) in [6, 6.07) is 0. The standard InChI is InChI=1S/C12H14F4/c13-9-7-5-3-1-2-4-6-8(7)10(14)12(16)11(9)15/h7-8H,1-6H2. The van der Waals surface area contributed by atoms with E-state index in [0.29, 0.717) is 12.8 Å². The van der Waals surface area contributed by atoms with Gasteiger partial charge in [0.2, 0.25) is 0 Å². The molecule has 2 aliphatic carbocycles. The number of hydrogen-bond donors (Lipinski definition) is 0. The fraction of sp³-hybridized carbons (Fsp3) is 0.667. The molecule has 2 unspecified atom stereocenters. The van der Waals surface area contributed by atoms with Gasteiger partial charge >= 0.3 is 0 Å². The second kappa shape index (κ2) is 4.60. The average Bonchev–Trinajstić information content (AvgIpc) is 2.24. The minimum Gasteiger partial charge on any atom is -0.208 e. The first kappa shape index (κ1) is 11.7. The van der Waals surface area contributed by atoms with Crippen molar-refractivity contribution in [3.8, 4) is 0 Å². The predicted molar refractivity (Wildman–Crippen MR) is 53.2 cm³/mol. The lowest BCUT2D eigenvalue weighted by Crippen LogP contribution is -2.23. The van der Waals surface area contributed by atoms with Crippen LogP contribution in [0.2, 0.25) is 0 Å². The van der Waals surface area contributed by atoms with Crippen LogP contribution in [0.3, 0.4) is 0 Å². The zero-order valence-corrected chi connectivity index (χ0v) is 8.91. The van der Waals surface area contributed by atoms with Crippen LogP contribution in [0.1, 0.15) is 38.5 Å². The first-order valence-electron chi connectivity index (χ1n) is 5.73. The van der Waals surface area contributed by atoms with E-state index >= 15 is 0 Å². The molecule has 4 heteroatoms. The highest BCUT2D eigenvalue weighted by molar-refractivity contribution is 5.32. The molecule has 0 aromatic heterocycles. The summed E-state index contributed by atoms with van der Waals surface area (Å²) in [5.74, 6) is -7.02. The lowest BCUT2D eigenvalue weighted by Gasteiger charge is -2.30. The molecule has 0 heterocycles.